The number of halogens is 1. The predicted octanol–water partition coefficient (Wildman–Crippen LogP) is 7.01. The monoisotopic (exact) mass is 529 g/mol. The standard InChI is InChI=1S/C30H28ClN3O2S/c1-36-26-14-9-20(16-25(26)21-6-4-5-19(15-21)17-32)18-34(23-12-10-22(33)11-13-23)30(35)29-28(31)24-7-2-3-8-27(24)37-29/h2-9,14-16,22-23H,10-13,18,33H2,1H3. The average Bonchev–Trinajstić information content (AvgIpc) is 3.28. The van der Waals surface area contributed by atoms with Crippen molar-refractivity contribution in [1.29, 1.82) is 5.26 Å². The number of methoxy groups -OCH3 is 1. The summed E-state index contributed by atoms with van der Waals surface area (Å²) in [6, 6.07) is 23.8. The van der Waals surface area contributed by atoms with Crippen molar-refractivity contribution in [3.63, 3.8) is 0 Å². The molecule has 37 heavy (non-hydrogen) atoms. The molecule has 188 valence electrons. The number of ether oxygens (including phenoxy) is 1. The number of thiophene rings is 1. The first kappa shape index (κ1) is 25.3. The van der Waals surface area contributed by atoms with Gasteiger partial charge in [-0.25, -0.2) is 0 Å². The molecule has 0 radical (unpaired) electrons. The van der Waals surface area contributed by atoms with E-state index in [9.17, 15) is 10.1 Å². The fourth-order valence-corrected chi connectivity index (χ4v) is 6.56. The molecule has 1 fully saturated rings. The number of benzene rings is 3. The molecule has 1 amide bonds. The summed E-state index contributed by atoms with van der Waals surface area (Å²) in [6.07, 6.45) is 3.51. The van der Waals surface area contributed by atoms with E-state index in [4.69, 9.17) is 22.1 Å². The van der Waals surface area contributed by atoms with Gasteiger partial charge in [0.1, 0.15) is 10.6 Å². The molecule has 0 bridgehead atoms. The highest BCUT2D eigenvalue weighted by Crippen LogP contribution is 2.38. The number of carbonyl (C=O) groups is 1. The maximum atomic E-state index is 14.0. The Hall–Kier alpha value is -3.37. The third-order valence-electron chi connectivity index (χ3n) is 7.09. The third kappa shape index (κ3) is 5.21. The lowest BCUT2D eigenvalue weighted by Gasteiger charge is -2.36. The first-order valence-corrected chi connectivity index (χ1v) is 13.6. The van der Waals surface area contributed by atoms with E-state index in [0.29, 0.717) is 27.8 Å². The van der Waals surface area contributed by atoms with Gasteiger partial charge in [0.15, 0.2) is 0 Å². The van der Waals surface area contributed by atoms with Crippen LogP contribution in [-0.2, 0) is 6.54 Å². The highest BCUT2D eigenvalue weighted by molar-refractivity contribution is 7.21. The number of carbonyl (C=O) groups excluding carboxylic acids is 1. The fraction of sp³-hybridized carbons (Fsp3) is 0.267. The summed E-state index contributed by atoms with van der Waals surface area (Å²) < 4.78 is 6.64. The van der Waals surface area contributed by atoms with E-state index in [1.807, 2.05) is 59.5 Å². The number of fused-ring (bicyclic) bond motifs is 1. The fourth-order valence-electron chi connectivity index (χ4n) is 5.09. The zero-order chi connectivity index (χ0) is 25.9. The topological polar surface area (TPSA) is 79.3 Å². The molecule has 1 aliphatic rings. The Labute approximate surface area is 226 Å². The molecule has 0 aliphatic heterocycles. The van der Waals surface area contributed by atoms with Crippen molar-refractivity contribution >= 4 is 38.9 Å². The highest BCUT2D eigenvalue weighted by Gasteiger charge is 2.31. The van der Waals surface area contributed by atoms with Gasteiger partial charge in [-0.15, -0.1) is 11.3 Å². The van der Waals surface area contributed by atoms with Crippen molar-refractivity contribution in [2.24, 2.45) is 5.73 Å². The Kier molecular flexibility index (Phi) is 7.48. The van der Waals surface area contributed by atoms with Crippen LogP contribution < -0.4 is 10.5 Å². The molecule has 0 spiro atoms. The molecule has 4 aromatic rings. The number of amides is 1. The predicted molar refractivity (Wildman–Crippen MR) is 150 cm³/mol. The van der Waals surface area contributed by atoms with E-state index in [-0.39, 0.29) is 18.0 Å². The number of nitrogens with two attached hydrogens (primary N) is 1. The molecular weight excluding hydrogens is 502 g/mol. The number of rotatable bonds is 6. The van der Waals surface area contributed by atoms with Gasteiger partial charge in [0.25, 0.3) is 5.91 Å². The second kappa shape index (κ2) is 10.9. The van der Waals surface area contributed by atoms with Gasteiger partial charge < -0.3 is 15.4 Å². The van der Waals surface area contributed by atoms with Crippen molar-refractivity contribution in [1.82, 2.24) is 4.90 Å². The van der Waals surface area contributed by atoms with Gasteiger partial charge in [0.2, 0.25) is 0 Å². The Morgan fingerprint density at radius 2 is 1.89 bits per heavy atom. The zero-order valence-corrected chi connectivity index (χ0v) is 22.2. The van der Waals surface area contributed by atoms with Gasteiger partial charge >= 0.3 is 0 Å². The highest BCUT2D eigenvalue weighted by atomic mass is 35.5. The van der Waals surface area contributed by atoms with Crippen LogP contribution in [0.3, 0.4) is 0 Å². The van der Waals surface area contributed by atoms with E-state index in [1.54, 1.807) is 13.2 Å². The van der Waals surface area contributed by atoms with Gasteiger partial charge in [-0.05, 0) is 67.1 Å². The molecule has 0 saturated heterocycles. The Bertz CT molecular complexity index is 1480. The van der Waals surface area contributed by atoms with E-state index in [1.165, 1.54) is 11.3 Å². The van der Waals surface area contributed by atoms with Gasteiger partial charge in [-0.1, -0.05) is 48.0 Å². The zero-order valence-electron chi connectivity index (χ0n) is 20.6. The molecular formula is C30H28ClN3O2S. The van der Waals surface area contributed by atoms with Crippen LogP contribution in [0.1, 0.15) is 46.5 Å². The summed E-state index contributed by atoms with van der Waals surface area (Å²) >= 11 is 8.18. The Balaban J connectivity index is 1.53. The second-order valence-electron chi connectivity index (χ2n) is 9.47. The van der Waals surface area contributed by atoms with Crippen LogP contribution in [0.4, 0.5) is 0 Å². The third-order valence-corrected chi connectivity index (χ3v) is 8.76. The molecule has 7 heteroatoms. The minimum Gasteiger partial charge on any atom is -0.496 e. The summed E-state index contributed by atoms with van der Waals surface area (Å²) in [5.74, 6) is 0.670. The lowest BCUT2D eigenvalue weighted by molar-refractivity contribution is 0.0611. The van der Waals surface area contributed by atoms with Crippen LogP contribution in [-0.4, -0.2) is 30.0 Å². The largest absolute Gasteiger partial charge is 0.496 e. The Morgan fingerprint density at radius 3 is 2.62 bits per heavy atom. The van der Waals surface area contributed by atoms with Crippen LogP contribution in [0.2, 0.25) is 5.02 Å². The maximum absolute atomic E-state index is 14.0. The summed E-state index contributed by atoms with van der Waals surface area (Å²) in [5, 5.41) is 10.8. The Morgan fingerprint density at radius 1 is 1.11 bits per heavy atom. The summed E-state index contributed by atoms with van der Waals surface area (Å²) in [6.45, 7) is 0.443. The SMILES string of the molecule is COc1ccc(CN(C(=O)c2sc3ccccc3c2Cl)C2CCC(N)CC2)cc1-c1cccc(C#N)c1. The number of hydrogen-bond donors (Lipinski definition) is 1. The normalized spacial score (nSPS) is 17.4. The van der Waals surface area contributed by atoms with Crippen molar-refractivity contribution in [3.05, 3.63) is 87.8 Å². The maximum Gasteiger partial charge on any atom is 0.266 e. The van der Waals surface area contributed by atoms with Gasteiger partial charge in [-0.2, -0.15) is 5.26 Å². The smallest absolute Gasteiger partial charge is 0.266 e. The molecule has 2 N–H and O–H groups in total. The number of nitrogens with zero attached hydrogens (tertiary/aromatic N) is 2. The van der Waals surface area contributed by atoms with Crippen molar-refractivity contribution < 1.29 is 9.53 Å². The van der Waals surface area contributed by atoms with Crippen LogP contribution in [0.5, 0.6) is 5.75 Å². The van der Waals surface area contributed by atoms with Gasteiger partial charge in [0, 0.05) is 34.3 Å². The number of hydrogen-bond acceptors (Lipinski definition) is 5. The molecule has 0 unspecified atom stereocenters. The average molecular weight is 530 g/mol. The molecule has 5 rings (SSSR count). The molecule has 1 aliphatic carbocycles. The van der Waals surface area contributed by atoms with Gasteiger partial charge in [-0.3, -0.25) is 4.79 Å². The van der Waals surface area contributed by atoms with E-state index < -0.39 is 0 Å². The summed E-state index contributed by atoms with van der Waals surface area (Å²) in [5.41, 5.74) is 9.54. The first-order chi connectivity index (χ1) is 18.0. The van der Waals surface area contributed by atoms with Crippen LogP contribution in [0, 0.1) is 11.3 Å². The minimum atomic E-state index is -0.0458. The molecule has 1 heterocycles. The summed E-state index contributed by atoms with van der Waals surface area (Å²) in [7, 11) is 1.64. The molecule has 1 saturated carbocycles. The van der Waals surface area contributed by atoms with E-state index >= 15 is 0 Å². The summed E-state index contributed by atoms with van der Waals surface area (Å²) in [4.78, 5) is 16.6. The number of nitriles is 1. The van der Waals surface area contributed by atoms with E-state index in [2.05, 4.69) is 12.1 Å². The second-order valence-corrected chi connectivity index (χ2v) is 10.9. The van der Waals surface area contributed by atoms with E-state index in [0.717, 1.165) is 52.5 Å². The van der Waals surface area contributed by atoms with Crippen molar-refractivity contribution in [3.8, 4) is 22.9 Å². The van der Waals surface area contributed by atoms with Crippen LogP contribution >= 0.6 is 22.9 Å². The van der Waals surface area contributed by atoms with Gasteiger partial charge in [0.05, 0.1) is 23.8 Å². The van der Waals surface area contributed by atoms with Crippen molar-refractivity contribution in [2.45, 2.75) is 44.3 Å². The van der Waals surface area contributed by atoms with Crippen LogP contribution in [0.15, 0.2) is 66.7 Å². The quantitative estimate of drug-likeness (QED) is 0.291. The molecule has 5 nitrogen and oxygen atoms in total. The lowest BCUT2D eigenvalue weighted by atomic mass is 9.90. The minimum absolute atomic E-state index is 0.0458. The molecule has 3 aromatic carbocycles. The molecule has 0 atom stereocenters. The van der Waals surface area contributed by atoms with Crippen LogP contribution in [0.25, 0.3) is 21.2 Å². The lowest BCUT2D eigenvalue weighted by Crippen LogP contribution is -2.43. The molecule has 1 aromatic heterocycles. The van der Waals surface area contributed by atoms with Crippen molar-refractivity contribution in [2.75, 3.05) is 7.11 Å². The first-order valence-electron chi connectivity index (χ1n) is 12.4.